The van der Waals surface area contributed by atoms with Crippen LogP contribution in [0.2, 0.25) is 0 Å². The predicted octanol–water partition coefficient (Wildman–Crippen LogP) is 21.0. The lowest BCUT2D eigenvalue weighted by Gasteiger charge is -2.19. The van der Waals surface area contributed by atoms with E-state index < -0.39 is 0 Å². The van der Waals surface area contributed by atoms with E-state index in [-0.39, 0.29) is 0 Å². The molecule has 0 fully saturated rings. The van der Waals surface area contributed by atoms with Gasteiger partial charge in [0.1, 0.15) is 0 Å². The summed E-state index contributed by atoms with van der Waals surface area (Å²) in [5.41, 5.74) is 9.90. The molecule has 340 valence electrons. The third kappa shape index (κ3) is 5.97. The van der Waals surface area contributed by atoms with Gasteiger partial charge in [-0.3, -0.25) is 0 Å². The van der Waals surface area contributed by atoms with Crippen molar-refractivity contribution >= 4 is 118 Å². The monoisotopic (exact) mass is 932 g/mol. The Bertz CT molecular complexity index is 4720. The molecule has 0 aliphatic heterocycles. The van der Waals surface area contributed by atoms with Crippen molar-refractivity contribution in [2.45, 2.75) is 0 Å². The minimum atomic E-state index is 1.21. The minimum Gasteiger partial charge on any atom is -0.0622 e. The van der Waals surface area contributed by atoms with Gasteiger partial charge in [-0.1, -0.05) is 231 Å². The predicted molar refractivity (Wildman–Crippen MR) is 321 cm³/mol. The first kappa shape index (κ1) is 41.0. The van der Waals surface area contributed by atoms with Gasteiger partial charge in [-0.05, 0) is 199 Å². The summed E-state index contributed by atoms with van der Waals surface area (Å²) in [4.78, 5) is 0. The van der Waals surface area contributed by atoms with Crippen LogP contribution in [-0.4, -0.2) is 0 Å². The fourth-order valence-electron chi connectivity index (χ4n) is 13.1. The second kappa shape index (κ2) is 15.9. The molecule has 0 unspecified atom stereocenters. The average Bonchev–Trinajstić information content (AvgIpc) is 3.50. The van der Waals surface area contributed by atoms with Crippen LogP contribution in [0.25, 0.3) is 163 Å². The summed E-state index contributed by atoms with van der Waals surface area (Å²) < 4.78 is 0. The van der Waals surface area contributed by atoms with E-state index in [1.165, 1.54) is 163 Å². The van der Waals surface area contributed by atoms with E-state index in [2.05, 4.69) is 267 Å². The maximum atomic E-state index is 2.51. The fraction of sp³-hybridized carbons (Fsp3) is 0. The standard InChI is InChI=1S/C74H44/c1-3-19-45(20-4-1)63-41-67-57-31-13-9-27-53(57)65(43-69(67)55-29-11-7-25-51(55)63)47-35-37-59-49-23-15-18-34-62(49)74-72-40-48(36-38-60(72)50-24-16-17-33-61(50)73(74)71(59)39-47)66-44-70-56-30-12-8-26-52(56)64(46-21-5-2-6-22-46)42-68(70)58-32-14-10-28-54(58)66/h1-44H. The largest absolute Gasteiger partial charge is 0.0622 e. The third-order valence-electron chi connectivity index (χ3n) is 16.4. The third-order valence-corrected chi connectivity index (χ3v) is 16.4. The summed E-state index contributed by atoms with van der Waals surface area (Å²) in [6, 6.07) is 100. The molecule has 0 spiro atoms. The molecule has 0 radical (unpaired) electrons. The fourth-order valence-corrected chi connectivity index (χ4v) is 13.1. The maximum absolute atomic E-state index is 2.51. The normalized spacial score (nSPS) is 12.1. The van der Waals surface area contributed by atoms with Crippen LogP contribution in [0.1, 0.15) is 0 Å². The molecule has 0 aromatic heterocycles. The molecule has 0 N–H and O–H groups in total. The van der Waals surface area contributed by atoms with E-state index in [4.69, 9.17) is 0 Å². The van der Waals surface area contributed by atoms with Crippen LogP contribution in [0.4, 0.5) is 0 Å². The Hall–Kier alpha value is -9.62. The average molecular weight is 933 g/mol. The summed E-state index contributed by atoms with van der Waals surface area (Å²) in [6.45, 7) is 0. The molecule has 0 aliphatic rings. The van der Waals surface area contributed by atoms with Crippen molar-refractivity contribution in [3.8, 4) is 44.5 Å². The molecule has 0 heterocycles. The molecule has 0 saturated carbocycles. The van der Waals surface area contributed by atoms with E-state index in [9.17, 15) is 0 Å². The van der Waals surface area contributed by atoms with Gasteiger partial charge in [-0.15, -0.1) is 0 Å². The molecule has 0 amide bonds. The van der Waals surface area contributed by atoms with E-state index in [1.54, 1.807) is 0 Å². The van der Waals surface area contributed by atoms with Crippen molar-refractivity contribution < 1.29 is 0 Å². The van der Waals surface area contributed by atoms with Gasteiger partial charge in [-0.25, -0.2) is 0 Å². The zero-order valence-corrected chi connectivity index (χ0v) is 40.4. The molecule has 0 nitrogen and oxygen atoms in total. The van der Waals surface area contributed by atoms with Crippen LogP contribution in [-0.2, 0) is 0 Å². The van der Waals surface area contributed by atoms with Crippen LogP contribution >= 0.6 is 0 Å². The number of fused-ring (bicyclic) bond motifs is 21. The van der Waals surface area contributed by atoms with Crippen LogP contribution in [0.5, 0.6) is 0 Å². The molecule has 16 aromatic rings. The van der Waals surface area contributed by atoms with Crippen molar-refractivity contribution in [1.29, 1.82) is 0 Å². The highest BCUT2D eigenvalue weighted by atomic mass is 14.2. The van der Waals surface area contributed by atoms with Gasteiger partial charge < -0.3 is 0 Å². The van der Waals surface area contributed by atoms with Crippen molar-refractivity contribution in [2.75, 3.05) is 0 Å². The summed E-state index contributed by atoms with van der Waals surface area (Å²) in [5.74, 6) is 0. The number of benzene rings is 16. The second-order valence-corrected chi connectivity index (χ2v) is 20.2. The Labute approximate surface area is 427 Å². The van der Waals surface area contributed by atoms with Gasteiger partial charge in [0.2, 0.25) is 0 Å². The molecule has 0 atom stereocenters. The number of rotatable bonds is 4. The molecule has 0 heteroatoms. The lowest BCUT2D eigenvalue weighted by Crippen LogP contribution is -1.92. The van der Waals surface area contributed by atoms with E-state index >= 15 is 0 Å². The van der Waals surface area contributed by atoms with Gasteiger partial charge in [0.25, 0.3) is 0 Å². The van der Waals surface area contributed by atoms with Crippen LogP contribution in [0, 0.1) is 0 Å². The Morgan fingerprint density at radius 3 is 0.662 bits per heavy atom. The quantitative estimate of drug-likeness (QED) is 0.154. The van der Waals surface area contributed by atoms with Crippen molar-refractivity contribution in [2.24, 2.45) is 0 Å². The highest BCUT2D eigenvalue weighted by molar-refractivity contribution is 6.40. The van der Waals surface area contributed by atoms with E-state index in [0.717, 1.165) is 0 Å². The van der Waals surface area contributed by atoms with Gasteiger partial charge in [-0.2, -0.15) is 0 Å². The van der Waals surface area contributed by atoms with Crippen molar-refractivity contribution in [1.82, 2.24) is 0 Å². The Morgan fingerprint density at radius 1 is 0.122 bits per heavy atom. The summed E-state index contributed by atoms with van der Waals surface area (Å²) >= 11 is 0. The molecular weight excluding hydrogens is 889 g/mol. The summed E-state index contributed by atoms with van der Waals surface area (Å²) in [6.07, 6.45) is 0. The first-order chi connectivity index (χ1) is 36.7. The molecule has 0 bridgehead atoms. The summed E-state index contributed by atoms with van der Waals surface area (Å²) in [7, 11) is 0. The van der Waals surface area contributed by atoms with Crippen molar-refractivity contribution in [3.05, 3.63) is 267 Å². The maximum Gasteiger partial charge on any atom is -0.00137 e. The molecular formula is C74H44. The Balaban J connectivity index is 0.988. The lowest BCUT2D eigenvalue weighted by molar-refractivity contribution is 1.67. The first-order valence-electron chi connectivity index (χ1n) is 25.8. The minimum absolute atomic E-state index is 1.21. The van der Waals surface area contributed by atoms with E-state index in [1.807, 2.05) is 0 Å². The van der Waals surface area contributed by atoms with Gasteiger partial charge in [0, 0.05) is 0 Å². The SMILES string of the molecule is c1ccc(-c2cc3c4ccccc4c(-c4ccc5c6ccccc6c6c7cc(-c8cc9c%10ccccc%10c(-c%10ccccc%10)cc9c9ccccc89)ccc7c7ccccc7c6c5c4)cc3c3ccccc23)cc1. The Kier molecular flexibility index (Phi) is 8.84. The smallest absolute Gasteiger partial charge is 0.00137 e. The number of hydrogen-bond donors (Lipinski definition) is 0. The zero-order chi connectivity index (χ0) is 48.4. The van der Waals surface area contributed by atoms with Gasteiger partial charge in [0.15, 0.2) is 0 Å². The van der Waals surface area contributed by atoms with Gasteiger partial charge in [0.05, 0.1) is 0 Å². The number of hydrogen-bond acceptors (Lipinski definition) is 0. The zero-order valence-electron chi connectivity index (χ0n) is 40.4. The second-order valence-electron chi connectivity index (χ2n) is 20.2. The molecule has 0 aliphatic carbocycles. The highest BCUT2D eigenvalue weighted by Gasteiger charge is 2.21. The first-order valence-corrected chi connectivity index (χ1v) is 25.8. The van der Waals surface area contributed by atoms with Gasteiger partial charge >= 0.3 is 0 Å². The highest BCUT2D eigenvalue weighted by Crippen LogP contribution is 2.49. The van der Waals surface area contributed by atoms with E-state index in [0.29, 0.717) is 0 Å². The molecule has 74 heavy (non-hydrogen) atoms. The lowest BCUT2D eigenvalue weighted by atomic mass is 9.84. The molecule has 16 aromatic carbocycles. The van der Waals surface area contributed by atoms with Crippen LogP contribution < -0.4 is 0 Å². The summed E-state index contributed by atoms with van der Waals surface area (Å²) in [5, 5.41) is 27.9. The molecule has 16 rings (SSSR count). The van der Waals surface area contributed by atoms with Crippen LogP contribution in [0.15, 0.2) is 267 Å². The molecule has 0 saturated heterocycles. The Morgan fingerprint density at radius 2 is 0.351 bits per heavy atom. The van der Waals surface area contributed by atoms with Crippen LogP contribution in [0.3, 0.4) is 0 Å². The topological polar surface area (TPSA) is 0 Å². The van der Waals surface area contributed by atoms with Crippen molar-refractivity contribution in [3.63, 3.8) is 0 Å².